The van der Waals surface area contributed by atoms with Gasteiger partial charge in [0.25, 0.3) is 0 Å². The van der Waals surface area contributed by atoms with E-state index in [-0.39, 0.29) is 11.5 Å². The van der Waals surface area contributed by atoms with Crippen LogP contribution < -0.4 is 5.32 Å². The van der Waals surface area contributed by atoms with Gasteiger partial charge in [0.15, 0.2) is 0 Å². The first-order valence-electron chi connectivity index (χ1n) is 6.82. The summed E-state index contributed by atoms with van der Waals surface area (Å²) in [5, 5.41) is 11.7. The lowest BCUT2D eigenvalue weighted by Gasteiger charge is -2.20. The Balaban J connectivity index is 1.76. The molecule has 1 aromatic carbocycles. The van der Waals surface area contributed by atoms with E-state index in [1.807, 2.05) is 11.8 Å². The summed E-state index contributed by atoms with van der Waals surface area (Å²) in [7, 11) is 0. The monoisotopic (exact) mass is 293 g/mol. The molecule has 1 aliphatic heterocycles. The van der Waals surface area contributed by atoms with Crippen LogP contribution in [0.2, 0.25) is 0 Å². The number of carboxylic acids is 1. The molecule has 0 aromatic heterocycles. The molecule has 1 aliphatic rings. The second-order valence-electron chi connectivity index (χ2n) is 5.04. The fourth-order valence-corrected chi connectivity index (χ4v) is 3.45. The minimum atomic E-state index is -0.934. The first-order valence-corrected chi connectivity index (χ1v) is 7.97. The van der Waals surface area contributed by atoms with Gasteiger partial charge in [0, 0.05) is 13.0 Å². The molecule has 5 heteroatoms. The summed E-state index contributed by atoms with van der Waals surface area (Å²) < 4.78 is 0. The van der Waals surface area contributed by atoms with E-state index in [1.54, 1.807) is 24.3 Å². The number of hydrogen-bond donors (Lipinski definition) is 2. The highest BCUT2D eigenvalue weighted by Gasteiger charge is 2.16. The molecule has 1 saturated heterocycles. The molecule has 0 aliphatic carbocycles. The van der Waals surface area contributed by atoms with Crippen LogP contribution in [0.4, 0.5) is 0 Å². The Bertz CT molecular complexity index is 467. The summed E-state index contributed by atoms with van der Waals surface area (Å²) >= 11 is 1.96. The maximum Gasteiger partial charge on any atom is 0.335 e. The summed E-state index contributed by atoms with van der Waals surface area (Å²) in [6.07, 6.45) is 2.87. The van der Waals surface area contributed by atoms with Crippen LogP contribution in [-0.2, 0) is 11.3 Å². The predicted molar refractivity (Wildman–Crippen MR) is 79.9 cm³/mol. The lowest BCUT2D eigenvalue weighted by molar-refractivity contribution is -0.122. The summed E-state index contributed by atoms with van der Waals surface area (Å²) in [6.45, 7) is 0.459. The van der Waals surface area contributed by atoms with E-state index < -0.39 is 5.97 Å². The highest BCUT2D eigenvalue weighted by Crippen LogP contribution is 2.25. The van der Waals surface area contributed by atoms with Crippen molar-refractivity contribution < 1.29 is 14.7 Å². The SMILES string of the molecule is O=C(CC1CCSCC1)NCc1ccc(C(=O)O)cc1. The first kappa shape index (κ1) is 14.9. The van der Waals surface area contributed by atoms with Gasteiger partial charge in [0.1, 0.15) is 0 Å². The van der Waals surface area contributed by atoms with Gasteiger partial charge in [-0.05, 0) is 48.0 Å². The van der Waals surface area contributed by atoms with E-state index in [0.29, 0.717) is 18.9 Å². The molecular formula is C15H19NO3S. The molecule has 0 saturated carbocycles. The van der Waals surface area contributed by atoms with Crippen molar-refractivity contribution in [3.05, 3.63) is 35.4 Å². The van der Waals surface area contributed by atoms with Crippen LogP contribution in [0.1, 0.15) is 35.2 Å². The standard InChI is InChI=1S/C15H19NO3S/c17-14(9-11-5-7-20-8-6-11)16-10-12-1-3-13(4-2-12)15(18)19/h1-4,11H,5-10H2,(H,16,17)(H,18,19). The van der Waals surface area contributed by atoms with Crippen molar-refractivity contribution in [2.45, 2.75) is 25.8 Å². The Hall–Kier alpha value is -1.49. The van der Waals surface area contributed by atoms with E-state index in [0.717, 1.165) is 29.9 Å². The number of rotatable bonds is 5. The second-order valence-corrected chi connectivity index (χ2v) is 6.26. The van der Waals surface area contributed by atoms with Crippen LogP contribution in [0.15, 0.2) is 24.3 Å². The number of hydrogen-bond acceptors (Lipinski definition) is 3. The molecule has 4 nitrogen and oxygen atoms in total. The Morgan fingerprint density at radius 2 is 1.85 bits per heavy atom. The Labute approximate surface area is 123 Å². The molecule has 0 spiro atoms. The Kier molecular flexibility index (Phi) is 5.47. The zero-order valence-electron chi connectivity index (χ0n) is 11.3. The van der Waals surface area contributed by atoms with Crippen molar-refractivity contribution in [3.63, 3.8) is 0 Å². The van der Waals surface area contributed by atoms with Gasteiger partial charge < -0.3 is 10.4 Å². The van der Waals surface area contributed by atoms with E-state index in [4.69, 9.17) is 5.11 Å². The molecular weight excluding hydrogens is 274 g/mol. The summed E-state index contributed by atoms with van der Waals surface area (Å²) in [5.41, 5.74) is 1.18. The van der Waals surface area contributed by atoms with Crippen molar-refractivity contribution >= 4 is 23.6 Å². The lowest BCUT2D eigenvalue weighted by atomic mass is 9.98. The minimum absolute atomic E-state index is 0.0872. The van der Waals surface area contributed by atoms with Crippen molar-refractivity contribution in [1.82, 2.24) is 5.32 Å². The topological polar surface area (TPSA) is 66.4 Å². The highest BCUT2D eigenvalue weighted by atomic mass is 32.2. The first-order chi connectivity index (χ1) is 9.65. The second kappa shape index (κ2) is 7.33. The van der Waals surface area contributed by atoms with Gasteiger partial charge in [-0.3, -0.25) is 4.79 Å². The van der Waals surface area contributed by atoms with Crippen molar-refractivity contribution in [2.24, 2.45) is 5.92 Å². The predicted octanol–water partition coefficient (Wildman–Crippen LogP) is 2.53. The van der Waals surface area contributed by atoms with Crippen LogP contribution in [0, 0.1) is 5.92 Å². The molecule has 2 N–H and O–H groups in total. The zero-order valence-corrected chi connectivity index (χ0v) is 12.1. The number of thioether (sulfide) groups is 1. The smallest absolute Gasteiger partial charge is 0.335 e. The van der Waals surface area contributed by atoms with E-state index >= 15 is 0 Å². The molecule has 108 valence electrons. The Morgan fingerprint density at radius 1 is 1.20 bits per heavy atom. The molecule has 1 aromatic rings. The number of nitrogens with one attached hydrogen (secondary N) is 1. The quantitative estimate of drug-likeness (QED) is 0.875. The van der Waals surface area contributed by atoms with E-state index in [9.17, 15) is 9.59 Å². The van der Waals surface area contributed by atoms with Gasteiger partial charge in [-0.15, -0.1) is 0 Å². The van der Waals surface area contributed by atoms with Crippen LogP contribution in [-0.4, -0.2) is 28.5 Å². The normalized spacial score (nSPS) is 15.8. The number of benzene rings is 1. The molecule has 0 unspecified atom stereocenters. The third-order valence-corrected chi connectivity index (χ3v) is 4.55. The average molecular weight is 293 g/mol. The number of aromatic carboxylic acids is 1. The van der Waals surface area contributed by atoms with Gasteiger partial charge in [0.2, 0.25) is 5.91 Å². The van der Waals surface area contributed by atoms with Gasteiger partial charge in [-0.1, -0.05) is 12.1 Å². The summed E-state index contributed by atoms with van der Waals surface area (Å²) in [4.78, 5) is 22.6. The fourth-order valence-electron chi connectivity index (χ4n) is 2.25. The zero-order chi connectivity index (χ0) is 14.4. The molecule has 0 bridgehead atoms. The summed E-state index contributed by atoms with van der Waals surface area (Å²) in [5.74, 6) is 1.99. The van der Waals surface area contributed by atoms with E-state index in [1.165, 1.54) is 0 Å². The third kappa shape index (κ3) is 4.56. The van der Waals surface area contributed by atoms with Gasteiger partial charge in [-0.2, -0.15) is 11.8 Å². The lowest BCUT2D eigenvalue weighted by Crippen LogP contribution is -2.26. The Morgan fingerprint density at radius 3 is 2.45 bits per heavy atom. The van der Waals surface area contributed by atoms with Crippen molar-refractivity contribution in [1.29, 1.82) is 0 Å². The average Bonchev–Trinajstić information content (AvgIpc) is 2.46. The van der Waals surface area contributed by atoms with Crippen molar-refractivity contribution in [2.75, 3.05) is 11.5 Å². The van der Waals surface area contributed by atoms with Crippen molar-refractivity contribution in [3.8, 4) is 0 Å². The molecule has 0 atom stereocenters. The van der Waals surface area contributed by atoms with Crippen LogP contribution in [0.5, 0.6) is 0 Å². The van der Waals surface area contributed by atoms with Crippen LogP contribution >= 0.6 is 11.8 Å². The van der Waals surface area contributed by atoms with Gasteiger partial charge in [0.05, 0.1) is 5.56 Å². The molecule has 1 heterocycles. The minimum Gasteiger partial charge on any atom is -0.478 e. The fraction of sp³-hybridized carbons (Fsp3) is 0.467. The molecule has 1 fully saturated rings. The largest absolute Gasteiger partial charge is 0.478 e. The number of carboxylic acid groups (broad SMARTS) is 1. The summed E-state index contributed by atoms with van der Waals surface area (Å²) in [6, 6.07) is 6.59. The number of carbonyl (C=O) groups is 2. The maximum absolute atomic E-state index is 11.8. The maximum atomic E-state index is 11.8. The van der Waals surface area contributed by atoms with E-state index in [2.05, 4.69) is 5.32 Å². The molecule has 1 amide bonds. The number of amides is 1. The van der Waals surface area contributed by atoms with Gasteiger partial charge in [-0.25, -0.2) is 4.79 Å². The molecule has 20 heavy (non-hydrogen) atoms. The highest BCUT2D eigenvalue weighted by molar-refractivity contribution is 7.99. The van der Waals surface area contributed by atoms with Gasteiger partial charge >= 0.3 is 5.97 Å². The molecule has 2 rings (SSSR count). The third-order valence-electron chi connectivity index (χ3n) is 3.51. The number of carbonyl (C=O) groups excluding carboxylic acids is 1. The molecule has 0 radical (unpaired) electrons. The van der Waals surface area contributed by atoms with Crippen LogP contribution in [0.3, 0.4) is 0 Å². The van der Waals surface area contributed by atoms with Crippen LogP contribution in [0.25, 0.3) is 0 Å².